The summed E-state index contributed by atoms with van der Waals surface area (Å²) in [6.07, 6.45) is 1.73. The van der Waals surface area contributed by atoms with E-state index < -0.39 is 0 Å². The van der Waals surface area contributed by atoms with Crippen molar-refractivity contribution < 1.29 is 14.3 Å². The van der Waals surface area contributed by atoms with E-state index in [0.717, 1.165) is 29.6 Å². The molecule has 1 aliphatic heterocycles. The third-order valence-corrected chi connectivity index (χ3v) is 5.32. The Bertz CT molecular complexity index is 985. The summed E-state index contributed by atoms with van der Waals surface area (Å²) >= 11 is 1.59. The number of nitrogens with zero attached hydrogens (tertiary/aromatic N) is 3. The fraction of sp³-hybridized carbons (Fsp3) is 0.286. The first kappa shape index (κ1) is 19.4. The highest BCUT2D eigenvalue weighted by molar-refractivity contribution is 7.09. The first-order valence-corrected chi connectivity index (χ1v) is 10.3. The van der Waals surface area contributed by atoms with Crippen LogP contribution >= 0.6 is 11.3 Å². The van der Waals surface area contributed by atoms with Crippen LogP contribution in [-0.2, 0) is 11.3 Å². The van der Waals surface area contributed by atoms with E-state index in [1.807, 2.05) is 36.6 Å². The lowest BCUT2D eigenvalue weighted by Gasteiger charge is -2.29. The van der Waals surface area contributed by atoms with Crippen molar-refractivity contribution >= 4 is 28.7 Å². The van der Waals surface area contributed by atoms with Crippen LogP contribution in [-0.4, -0.2) is 42.2 Å². The average molecular weight is 410 g/mol. The molecule has 4 rings (SSSR count). The summed E-state index contributed by atoms with van der Waals surface area (Å²) in [7, 11) is 0. The molecule has 0 saturated carbocycles. The molecule has 0 spiro atoms. The number of rotatable bonds is 6. The molecule has 1 aromatic carbocycles. The summed E-state index contributed by atoms with van der Waals surface area (Å²) in [5.74, 6) is 1.18. The van der Waals surface area contributed by atoms with E-state index in [-0.39, 0.29) is 5.91 Å². The second-order valence-corrected chi connectivity index (χ2v) is 7.66. The number of amides is 1. The highest BCUT2D eigenvalue weighted by Crippen LogP contribution is 2.25. The molecule has 3 heterocycles. The minimum absolute atomic E-state index is 0.206. The van der Waals surface area contributed by atoms with Gasteiger partial charge in [-0.15, -0.1) is 11.3 Å². The number of benzene rings is 1. The van der Waals surface area contributed by atoms with Crippen LogP contribution in [0.1, 0.15) is 21.1 Å². The lowest BCUT2D eigenvalue weighted by molar-refractivity contribution is 0.102. The maximum absolute atomic E-state index is 12.8. The Morgan fingerprint density at radius 3 is 2.93 bits per heavy atom. The summed E-state index contributed by atoms with van der Waals surface area (Å²) in [4.78, 5) is 23.8. The van der Waals surface area contributed by atoms with Gasteiger partial charge in [0.2, 0.25) is 0 Å². The fourth-order valence-electron chi connectivity index (χ4n) is 3.08. The van der Waals surface area contributed by atoms with Crippen molar-refractivity contribution in [1.82, 2.24) is 9.97 Å². The predicted molar refractivity (Wildman–Crippen MR) is 113 cm³/mol. The maximum Gasteiger partial charge on any atom is 0.255 e. The minimum Gasteiger partial charge on any atom is -0.487 e. The number of morpholine rings is 1. The number of hydrogen-bond donors (Lipinski definition) is 1. The number of thiazole rings is 1. The summed E-state index contributed by atoms with van der Waals surface area (Å²) < 4.78 is 11.2. The molecule has 1 fully saturated rings. The molecule has 1 aliphatic rings. The van der Waals surface area contributed by atoms with Gasteiger partial charge in [0.1, 0.15) is 12.4 Å². The van der Waals surface area contributed by atoms with Crippen LogP contribution < -0.4 is 15.0 Å². The first-order chi connectivity index (χ1) is 14.2. The summed E-state index contributed by atoms with van der Waals surface area (Å²) in [5, 5.41) is 5.96. The van der Waals surface area contributed by atoms with Gasteiger partial charge in [0.15, 0.2) is 5.82 Å². The molecule has 0 aliphatic carbocycles. The van der Waals surface area contributed by atoms with Crippen molar-refractivity contribution in [2.24, 2.45) is 0 Å². The number of carbonyl (C=O) groups excluding carboxylic acids is 1. The van der Waals surface area contributed by atoms with Gasteiger partial charge in [0.05, 0.1) is 29.6 Å². The van der Waals surface area contributed by atoms with Crippen LogP contribution in [0.4, 0.5) is 11.5 Å². The highest BCUT2D eigenvalue weighted by Gasteiger charge is 2.18. The summed E-state index contributed by atoms with van der Waals surface area (Å²) in [6, 6.07) is 10.8. The lowest BCUT2D eigenvalue weighted by Crippen LogP contribution is -2.37. The molecule has 0 unspecified atom stereocenters. The Kier molecular flexibility index (Phi) is 6.02. The topological polar surface area (TPSA) is 76.6 Å². The van der Waals surface area contributed by atoms with E-state index >= 15 is 0 Å². The van der Waals surface area contributed by atoms with E-state index in [1.54, 1.807) is 29.7 Å². The maximum atomic E-state index is 12.8. The zero-order valence-electron chi connectivity index (χ0n) is 16.1. The summed E-state index contributed by atoms with van der Waals surface area (Å²) in [5.41, 5.74) is 2.09. The average Bonchev–Trinajstić information content (AvgIpc) is 3.18. The molecule has 7 nitrogen and oxygen atoms in total. The van der Waals surface area contributed by atoms with Gasteiger partial charge in [-0.1, -0.05) is 6.07 Å². The van der Waals surface area contributed by atoms with Crippen molar-refractivity contribution in [2.75, 3.05) is 36.5 Å². The third-order valence-electron chi connectivity index (χ3n) is 4.50. The monoisotopic (exact) mass is 410 g/mol. The molecule has 29 heavy (non-hydrogen) atoms. The summed E-state index contributed by atoms with van der Waals surface area (Å²) in [6.45, 7) is 5.14. The van der Waals surface area contributed by atoms with Crippen molar-refractivity contribution in [3.63, 3.8) is 0 Å². The number of anilines is 2. The van der Waals surface area contributed by atoms with Gasteiger partial charge in [-0.25, -0.2) is 9.97 Å². The van der Waals surface area contributed by atoms with Crippen LogP contribution in [0.5, 0.6) is 5.75 Å². The number of ether oxygens (including phenoxy) is 2. The SMILES string of the molecule is Cc1nc(COc2cccc(C(=O)Nc3cccnc3N3CCOCC3)c2)cs1. The number of carbonyl (C=O) groups is 1. The number of aryl methyl sites for hydroxylation is 1. The largest absolute Gasteiger partial charge is 0.487 e. The van der Waals surface area contributed by atoms with E-state index in [0.29, 0.717) is 36.8 Å². The molecular weight excluding hydrogens is 388 g/mol. The molecular formula is C21H22N4O3S. The molecule has 2 aromatic heterocycles. The highest BCUT2D eigenvalue weighted by atomic mass is 32.1. The van der Waals surface area contributed by atoms with Gasteiger partial charge in [0, 0.05) is 30.2 Å². The van der Waals surface area contributed by atoms with Gasteiger partial charge < -0.3 is 19.7 Å². The second kappa shape index (κ2) is 9.02. The number of nitrogens with one attached hydrogen (secondary N) is 1. The molecule has 1 saturated heterocycles. The van der Waals surface area contributed by atoms with Crippen molar-refractivity contribution in [1.29, 1.82) is 0 Å². The van der Waals surface area contributed by atoms with E-state index in [2.05, 4.69) is 20.2 Å². The van der Waals surface area contributed by atoms with E-state index in [9.17, 15) is 4.79 Å². The molecule has 0 bridgehead atoms. The minimum atomic E-state index is -0.206. The Morgan fingerprint density at radius 2 is 2.14 bits per heavy atom. The zero-order valence-corrected chi connectivity index (χ0v) is 16.9. The Morgan fingerprint density at radius 1 is 1.28 bits per heavy atom. The smallest absolute Gasteiger partial charge is 0.255 e. The Balaban J connectivity index is 1.45. The van der Waals surface area contributed by atoms with Crippen LogP contribution in [0, 0.1) is 6.92 Å². The van der Waals surface area contributed by atoms with Crippen LogP contribution in [0.2, 0.25) is 0 Å². The van der Waals surface area contributed by atoms with Crippen LogP contribution in [0.3, 0.4) is 0 Å². The zero-order chi connectivity index (χ0) is 20.1. The van der Waals surface area contributed by atoms with Gasteiger partial charge >= 0.3 is 0 Å². The molecule has 150 valence electrons. The molecule has 1 N–H and O–H groups in total. The van der Waals surface area contributed by atoms with Gasteiger partial charge in [-0.3, -0.25) is 4.79 Å². The molecule has 0 atom stereocenters. The number of hydrogen-bond acceptors (Lipinski definition) is 7. The predicted octanol–water partition coefficient (Wildman–Crippen LogP) is 3.51. The van der Waals surface area contributed by atoms with Gasteiger partial charge in [-0.05, 0) is 37.3 Å². The Labute approximate surface area is 173 Å². The van der Waals surface area contributed by atoms with Gasteiger partial charge in [0.25, 0.3) is 5.91 Å². The van der Waals surface area contributed by atoms with Crippen molar-refractivity contribution in [3.8, 4) is 5.75 Å². The number of aromatic nitrogens is 2. The van der Waals surface area contributed by atoms with Crippen LogP contribution in [0.25, 0.3) is 0 Å². The van der Waals surface area contributed by atoms with Crippen LogP contribution in [0.15, 0.2) is 48.0 Å². The quantitative estimate of drug-likeness (QED) is 0.670. The normalized spacial score (nSPS) is 13.9. The molecule has 3 aromatic rings. The third kappa shape index (κ3) is 4.90. The molecule has 1 amide bonds. The fourth-order valence-corrected chi connectivity index (χ4v) is 3.67. The molecule has 0 radical (unpaired) electrons. The van der Waals surface area contributed by atoms with Crippen molar-refractivity contribution in [2.45, 2.75) is 13.5 Å². The second-order valence-electron chi connectivity index (χ2n) is 6.60. The first-order valence-electron chi connectivity index (χ1n) is 9.42. The lowest BCUT2D eigenvalue weighted by atomic mass is 10.2. The van der Waals surface area contributed by atoms with Crippen molar-refractivity contribution in [3.05, 3.63) is 64.2 Å². The van der Waals surface area contributed by atoms with E-state index in [4.69, 9.17) is 9.47 Å². The van der Waals surface area contributed by atoms with Gasteiger partial charge in [-0.2, -0.15) is 0 Å². The molecule has 8 heteroatoms. The Hall–Kier alpha value is -2.97. The standard InChI is InChI=1S/C21H22N4O3S/c1-15-23-17(14-29-15)13-28-18-5-2-4-16(12-18)21(26)24-19-6-3-7-22-20(19)25-8-10-27-11-9-25/h2-7,12,14H,8-11,13H2,1H3,(H,24,26). The van der Waals surface area contributed by atoms with E-state index in [1.165, 1.54) is 0 Å². The number of pyridine rings is 1.